The zero-order chi connectivity index (χ0) is 12.7. The topological polar surface area (TPSA) is 49.8 Å². The van der Waals surface area contributed by atoms with E-state index in [0.29, 0.717) is 6.61 Å². The van der Waals surface area contributed by atoms with Gasteiger partial charge in [-0.15, -0.1) is 0 Å². The molecule has 0 saturated carbocycles. The first-order valence-corrected chi connectivity index (χ1v) is 6.54. The number of aliphatic hydroxyl groups excluding tert-OH is 1. The van der Waals surface area contributed by atoms with Gasteiger partial charge >= 0.3 is 0 Å². The second-order valence-electron chi connectivity index (χ2n) is 5.20. The summed E-state index contributed by atoms with van der Waals surface area (Å²) in [6.07, 6.45) is 4.25. The van der Waals surface area contributed by atoms with Crippen LogP contribution in [0.25, 0.3) is 0 Å². The molecule has 1 atom stereocenters. The molecule has 0 aromatic heterocycles. The number of aldehydes is 1. The van der Waals surface area contributed by atoms with Crippen LogP contribution in [0.2, 0.25) is 0 Å². The molecule has 100 valence electrons. The van der Waals surface area contributed by atoms with Crippen molar-refractivity contribution in [1.29, 1.82) is 0 Å². The third-order valence-corrected chi connectivity index (χ3v) is 3.66. The van der Waals surface area contributed by atoms with Crippen LogP contribution in [0.5, 0.6) is 0 Å². The van der Waals surface area contributed by atoms with Gasteiger partial charge in [0.1, 0.15) is 6.29 Å². The molecule has 0 radical (unpaired) electrons. The van der Waals surface area contributed by atoms with Gasteiger partial charge in [-0.25, -0.2) is 0 Å². The van der Waals surface area contributed by atoms with E-state index in [1.165, 1.54) is 0 Å². The Morgan fingerprint density at radius 2 is 2.12 bits per heavy atom. The average molecular weight is 243 g/mol. The molecule has 1 saturated heterocycles. The Bertz CT molecular complexity index is 227. The minimum Gasteiger partial charge on any atom is -0.394 e. The first-order valence-electron chi connectivity index (χ1n) is 6.54. The second-order valence-corrected chi connectivity index (χ2v) is 5.20. The Labute approximate surface area is 104 Å². The van der Waals surface area contributed by atoms with Gasteiger partial charge in [-0.3, -0.25) is 0 Å². The van der Waals surface area contributed by atoms with Crippen molar-refractivity contribution in [2.45, 2.75) is 39.2 Å². The summed E-state index contributed by atoms with van der Waals surface area (Å²) in [6, 6.07) is 0. The van der Waals surface area contributed by atoms with Crippen LogP contribution in [-0.2, 0) is 9.53 Å². The van der Waals surface area contributed by atoms with E-state index in [1.54, 1.807) is 0 Å². The Balaban J connectivity index is 2.29. The number of ether oxygens (including phenoxy) is 1. The van der Waals surface area contributed by atoms with E-state index in [-0.39, 0.29) is 18.1 Å². The van der Waals surface area contributed by atoms with Crippen molar-refractivity contribution in [3.05, 3.63) is 0 Å². The summed E-state index contributed by atoms with van der Waals surface area (Å²) >= 11 is 0. The van der Waals surface area contributed by atoms with Gasteiger partial charge in [0.05, 0.1) is 19.3 Å². The Morgan fingerprint density at radius 1 is 1.47 bits per heavy atom. The summed E-state index contributed by atoms with van der Waals surface area (Å²) in [5.41, 5.74) is -0.210. The third-order valence-electron chi connectivity index (χ3n) is 3.66. The average Bonchev–Trinajstić information content (AvgIpc) is 2.38. The van der Waals surface area contributed by atoms with E-state index < -0.39 is 0 Å². The summed E-state index contributed by atoms with van der Waals surface area (Å²) in [5, 5.41) is 8.69. The van der Waals surface area contributed by atoms with Crippen LogP contribution < -0.4 is 0 Å². The molecular weight excluding hydrogens is 218 g/mol. The molecule has 1 fully saturated rings. The monoisotopic (exact) mass is 243 g/mol. The van der Waals surface area contributed by atoms with E-state index >= 15 is 0 Å². The third kappa shape index (κ3) is 4.74. The van der Waals surface area contributed by atoms with Crippen LogP contribution in [0, 0.1) is 5.41 Å². The van der Waals surface area contributed by atoms with Crippen LogP contribution in [-0.4, -0.2) is 55.2 Å². The number of carbonyl (C=O) groups excluding carboxylic acids is 1. The van der Waals surface area contributed by atoms with E-state index in [0.717, 1.165) is 45.2 Å². The van der Waals surface area contributed by atoms with E-state index in [9.17, 15) is 4.79 Å². The highest BCUT2D eigenvalue weighted by atomic mass is 16.5. The molecule has 0 aromatic carbocycles. The van der Waals surface area contributed by atoms with Gasteiger partial charge in [-0.1, -0.05) is 13.8 Å². The molecule has 1 rings (SSSR count). The van der Waals surface area contributed by atoms with Crippen LogP contribution in [0.15, 0.2) is 0 Å². The fourth-order valence-corrected chi connectivity index (χ4v) is 2.20. The number of carbonyl (C=O) groups is 1. The predicted molar refractivity (Wildman–Crippen MR) is 67.0 cm³/mol. The molecular formula is C13H25NO3. The molecule has 17 heavy (non-hydrogen) atoms. The maximum Gasteiger partial charge on any atom is 0.127 e. The number of hydrogen-bond acceptors (Lipinski definition) is 4. The molecule has 1 aliphatic rings. The maximum absolute atomic E-state index is 11.1. The molecule has 0 spiro atoms. The van der Waals surface area contributed by atoms with Gasteiger partial charge in [0.25, 0.3) is 0 Å². The van der Waals surface area contributed by atoms with Crippen molar-refractivity contribution < 1.29 is 14.6 Å². The van der Waals surface area contributed by atoms with Crippen LogP contribution in [0.1, 0.15) is 33.1 Å². The lowest BCUT2D eigenvalue weighted by Crippen LogP contribution is -2.43. The highest BCUT2D eigenvalue weighted by Gasteiger charge is 2.27. The maximum atomic E-state index is 11.1. The number of likely N-dealkylation sites (tertiary alicyclic amines) is 1. The summed E-state index contributed by atoms with van der Waals surface area (Å²) in [7, 11) is 0. The van der Waals surface area contributed by atoms with E-state index in [4.69, 9.17) is 9.84 Å². The van der Waals surface area contributed by atoms with Crippen LogP contribution in [0.4, 0.5) is 0 Å². The van der Waals surface area contributed by atoms with Gasteiger partial charge < -0.3 is 19.5 Å². The summed E-state index contributed by atoms with van der Waals surface area (Å²) in [5.74, 6) is 0. The quantitative estimate of drug-likeness (QED) is 0.680. The zero-order valence-corrected chi connectivity index (χ0v) is 11.0. The number of piperidine rings is 1. The fourth-order valence-electron chi connectivity index (χ4n) is 2.20. The number of hydrogen-bond donors (Lipinski definition) is 1. The molecule has 1 unspecified atom stereocenters. The largest absolute Gasteiger partial charge is 0.394 e. The lowest BCUT2D eigenvalue weighted by atomic mass is 9.88. The van der Waals surface area contributed by atoms with Crippen LogP contribution in [0.3, 0.4) is 0 Å². The highest BCUT2D eigenvalue weighted by molar-refractivity contribution is 5.58. The molecule has 1 N–H and O–H groups in total. The molecule has 4 heteroatoms. The molecule has 0 aliphatic carbocycles. The van der Waals surface area contributed by atoms with Gasteiger partial charge in [-0.2, -0.15) is 0 Å². The SMILES string of the molecule is CCC(C)(C=O)CN1CCC(OCCO)CC1. The molecule has 1 heterocycles. The first kappa shape index (κ1) is 14.6. The summed E-state index contributed by atoms with van der Waals surface area (Å²) in [4.78, 5) is 13.4. The Morgan fingerprint density at radius 3 is 2.59 bits per heavy atom. The number of rotatable bonds is 7. The van der Waals surface area contributed by atoms with Crippen LogP contribution >= 0.6 is 0 Å². The first-order chi connectivity index (χ1) is 8.13. The van der Waals surface area contributed by atoms with Gasteiger partial charge in [0, 0.05) is 25.0 Å². The molecule has 0 amide bonds. The Hall–Kier alpha value is -0.450. The molecule has 4 nitrogen and oxygen atoms in total. The summed E-state index contributed by atoms with van der Waals surface area (Å²) < 4.78 is 5.52. The standard InChI is InChI=1S/C13H25NO3/c1-3-13(2,11-16)10-14-6-4-12(5-7-14)17-9-8-15/h11-12,15H,3-10H2,1-2H3. The van der Waals surface area contributed by atoms with Crippen molar-refractivity contribution in [3.8, 4) is 0 Å². The Kier molecular flexibility index (Phi) is 6.09. The predicted octanol–water partition coefficient (Wildman–Crippen LogP) is 1.07. The second kappa shape index (κ2) is 7.09. The fraction of sp³-hybridized carbons (Fsp3) is 0.923. The summed E-state index contributed by atoms with van der Waals surface area (Å²) in [6.45, 7) is 7.43. The minimum absolute atomic E-state index is 0.0965. The normalized spacial score (nSPS) is 22.3. The lowest BCUT2D eigenvalue weighted by Gasteiger charge is -2.36. The zero-order valence-electron chi connectivity index (χ0n) is 11.0. The highest BCUT2D eigenvalue weighted by Crippen LogP contribution is 2.22. The molecule has 1 aliphatic heterocycles. The molecule has 0 bridgehead atoms. The smallest absolute Gasteiger partial charge is 0.127 e. The minimum atomic E-state index is -0.210. The van der Waals surface area contributed by atoms with Crippen molar-refractivity contribution in [1.82, 2.24) is 4.90 Å². The molecule has 0 aromatic rings. The van der Waals surface area contributed by atoms with Gasteiger partial charge in [0.2, 0.25) is 0 Å². The van der Waals surface area contributed by atoms with Crippen molar-refractivity contribution >= 4 is 6.29 Å². The van der Waals surface area contributed by atoms with Crippen molar-refractivity contribution in [2.75, 3.05) is 32.8 Å². The van der Waals surface area contributed by atoms with Gasteiger partial charge in [0.15, 0.2) is 0 Å². The van der Waals surface area contributed by atoms with Crippen molar-refractivity contribution in [3.63, 3.8) is 0 Å². The van der Waals surface area contributed by atoms with E-state index in [1.807, 2.05) is 6.92 Å². The van der Waals surface area contributed by atoms with Crippen molar-refractivity contribution in [2.24, 2.45) is 5.41 Å². The lowest BCUT2D eigenvalue weighted by molar-refractivity contribution is -0.117. The number of nitrogens with zero attached hydrogens (tertiary/aromatic N) is 1. The number of aliphatic hydroxyl groups is 1. The van der Waals surface area contributed by atoms with E-state index in [2.05, 4.69) is 11.8 Å². The van der Waals surface area contributed by atoms with Gasteiger partial charge in [-0.05, 0) is 19.3 Å².